The first-order chi connectivity index (χ1) is 23.0. The van der Waals surface area contributed by atoms with E-state index in [0.717, 1.165) is 28.6 Å². The Kier molecular flexibility index (Phi) is 10.3. The second-order valence-electron chi connectivity index (χ2n) is 12.1. The van der Waals surface area contributed by atoms with Gasteiger partial charge >= 0.3 is 18.3 Å². The number of benzene rings is 1. The number of aliphatic carboxylic acids is 1. The number of fused-ring (bicyclic) bond motifs is 1. The van der Waals surface area contributed by atoms with Crippen molar-refractivity contribution in [2.45, 2.75) is 88.5 Å². The summed E-state index contributed by atoms with van der Waals surface area (Å²) < 4.78 is 103. The summed E-state index contributed by atoms with van der Waals surface area (Å²) in [5.74, 6) is -3.92. The molecule has 0 aliphatic carbocycles. The molecule has 0 bridgehead atoms. The van der Waals surface area contributed by atoms with Gasteiger partial charge in [-0.1, -0.05) is 19.4 Å². The van der Waals surface area contributed by atoms with Crippen molar-refractivity contribution in [1.82, 2.24) is 14.8 Å². The monoisotopic (exact) mass is 715 g/mol. The van der Waals surface area contributed by atoms with E-state index in [4.69, 9.17) is 4.74 Å². The van der Waals surface area contributed by atoms with E-state index in [2.05, 4.69) is 4.98 Å². The minimum Gasteiger partial charge on any atom is -0.481 e. The predicted molar refractivity (Wildman–Crippen MR) is 162 cm³/mol. The average Bonchev–Trinajstić information content (AvgIpc) is 3.52. The van der Waals surface area contributed by atoms with Crippen molar-refractivity contribution in [3.63, 3.8) is 0 Å². The zero-order valence-electron chi connectivity index (χ0n) is 26.1. The van der Waals surface area contributed by atoms with Gasteiger partial charge in [-0.05, 0) is 61.1 Å². The predicted octanol–water partition coefficient (Wildman–Crippen LogP) is 7.36. The van der Waals surface area contributed by atoms with E-state index in [-0.39, 0.29) is 57.4 Å². The van der Waals surface area contributed by atoms with Gasteiger partial charge < -0.3 is 19.6 Å². The molecule has 3 atom stereocenters. The first kappa shape index (κ1) is 36.1. The van der Waals surface area contributed by atoms with Crippen molar-refractivity contribution >= 4 is 29.1 Å². The fourth-order valence-electron chi connectivity index (χ4n) is 6.72. The number of rotatable bonds is 9. The number of hydrogen-bond donors (Lipinski definition) is 1. The zero-order chi connectivity index (χ0) is 35.7. The number of hydrogen-bond acceptors (Lipinski definition) is 6. The van der Waals surface area contributed by atoms with Gasteiger partial charge in [0.2, 0.25) is 5.60 Å². The summed E-state index contributed by atoms with van der Waals surface area (Å²) in [6.07, 6.45) is -8.81. The fraction of sp³-hybridized carbons (Fsp3) is 0.455. The molecule has 1 fully saturated rings. The number of ether oxygens (including phenoxy) is 1. The summed E-state index contributed by atoms with van der Waals surface area (Å²) in [7, 11) is 0. The molecule has 264 valence electrons. The largest absolute Gasteiger partial charge is 0.481 e. The number of carboxylic acid groups (broad SMARTS) is 1. The van der Waals surface area contributed by atoms with Gasteiger partial charge in [-0.25, -0.2) is 4.39 Å². The Bertz CT molecular complexity index is 1710. The van der Waals surface area contributed by atoms with Crippen LogP contribution >= 0.6 is 11.3 Å². The molecule has 2 aliphatic heterocycles. The Morgan fingerprint density at radius 1 is 1.04 bits per heavy atom. The average molecular weight is 716 g/mol. The highest BCUT2D eigenvalue weighted by Gasteiger charge is 2.57. The summed E-state index contributed by atoms with van der Waals surface area (Å²) >= 11 is 0.327. The number of thiophene rings is 1. The number of carbonyl (C=O) groups excluding carboxylic acids is 2. The first-order valence-electron chi connectivity index (χ1n) is 15.5. The lowest BCUT2D eigenvalue weighted by Crippen LogP contribution is -2.69. The molecule has 1 saturated heterocycles. The molecule has 2 aromatic heterocycles. The van der Waals surface area contributed by atoms with Gasteiger partial charge in [-0.15, -0.1) is 11.3 Å². The number of amides is 2. The first-order valence-corrected chi connectivity index (χ1v) is 16.4. The van der Waals surface area contributed by atoms with Gasteiger partial charge in [0.1, 0.15) is 22.1 Å². The molecule has 1 aromatic carbocycles. The van der Waals surface area contributed by atoms with Crippen molar-refractivity contribution in [2.75, 3.05) is 6.54 Å². The van der Waals surface area contributed by atoms with Gasteiger partial charge in [0.05, 0.1) is 11.6 Å². The molecule has 0 unspecified atom stereocenters. The summed E-state index contributed by atoms with van der Waals surface area (Å²) in [5, 5.41) is 10.5. The van der Waals surface area contributed by atoms with Gasteiger partial charge in [0.15, 0.2) is 0 Å². The number of alkyl halides is 6. The molecular weight excluding hydrogens is 683 g/mol. The summed E-state index contributed by atoms with van der Waals surface area (Å²) in [6, 6.07) is 4.34. The minimum absolute atomic E-state index is 0.0113. The van der Waals surface area contributed by atoms with Crippen LogP contribution in [0.2, 0.25) is 0 Å². The van der Waals surface area contributed by atoms with Crippen molar-refractivity contribution in [1.29, 1.82) is 0 Å². The maximum Gasteiger partial charge on any atom is 0.425 e. The lowest BCUT2D eigenvalue weighted by atomic mass is 9.78. The third-order valence-corrected chi connectivity index (χ3v) is 9.83. The van der Waals surface area contributed by atoms with Crippen LogP contribution in [0.25, 0.3) is 0 Å². The second kappa shape index (κ2) is 14.0. The van der Waals surface area contributed by atoms with E-state index >= 15 is 4.79 Å². The van der Waals surface area contributed by atoms with Crippen LogP contribution in [-0.4, -0.2) is 61.9 Å². The maximum atomic E-state index is 15.1. The number of carboxylic acids is 1. The van der Waals surface area contributed by atoms with Crippen LogP contribution in [-0.2, 0) is 34.9 Å². The van der Waals surface area contributed by atoms with Crippen molar-refractivity contribution < 1.29 is 55.0 Å². The molecule has 4 heterocycles. The molecule has 0 spiro atoms. The molecule has 1 N–H and O–H groups in total. The van der Waals surface area contributed by atoms with Gasteiger partial charge in [0, 0.05) is 49.6 Å². The van der Waals surface area contributed by atoms with Crippen LogP contribution < -0.4 is 4.74 Å². The topological polar surface area (TPSA) is 100 Å². The Hall–Kier alpha value is -4.21. The van der Waals surface area contributed by atoms with E-state index < -0.39 is 69.8 Å². The highest BCUT2D eigenvalue weighted by molar-refractivity contribution is 7.10. The van der Waals surface area contributed by atoms with Crippen molar-refractivity contribution in [2.24, 2.45) is 0 Å². The molecule has 2 aliphatic rings. The van der Waals surface area contributed by atoms with Gasteiger partial charge in [0.25, 0.3) is 11.8 Å². The fourth-order valence-corrected chi connectivity index (χ4v) is 7.40. The Labute approximate surface area is 280 Å². The highest BCUT2D eigenvalue weighted by atomic mass is 32.1. The third kappa shape index (κ3) is 7.53. The van der Waals surface area contributed by atoms with Gasteiger partial charge in [-0.2, -0.15) is 26.3 Å². The molecule has 0 saturated carbocycles. The highest BCUT2D eigenvalue weighted by Crippen LogP contribution is 2.43. The van der Waals surface area contributed by atoms with E-state index in [1.54, 1.807) is 6.92 Å². The maximum absolute atomic E-state index is 15.1. The van der Waals surface area contributed by atoms with E-state index in [0.29, 0.717) is 35.0 Å². The smallest absolute Gasteiger partial charge is 0.425 e. The number of piperidine rings is 1. The second-order valence-corrected chi connectivity index (χ2v) is 13.0. The van der Waals surface area contributed by atoms with E-state index in [1.165, 1.54) is 23.1 Å². The molecular formula is C33H32F7N3O5S. The molecule has 8 nitrogen and oxygen atoms in total. The lowest BCUT2D eigenvalue weighted by molar-refractivity contribution is -0.163. The normalized spacial score (nSPS) is 21.3. The number of likely N-dealkylation sites (tertiary alicyclic amines) is 1. The molecule has 16 heteroatoms. The number of halogens is 7. The number of pyridine rings is 1. The molecule has 3 aromatic rings. The van der Waals surface area contributed by atoms with Crippen LogP contribution in [0, 0.1) is 5.82 Å². The SMILES string of the molecule is CCC[C@H]1N(C(=O)c2ncccc2C(F)(F)F)CCC[C@]1(Oc1csc(C(F)(F)F)c1)C(=O)N1Cc2ccc(F)cc2C[C@H]1CCC(=O)O. The number of aromatic nitrogens is 1. The number of nitrogens with zero attached hydrogens (tertiary/aromatic N) is 3. The van der Waals surface area contributed by atoms with Crippen LogP contribution in [0.4, 0.5) is 30.7 Å². The molecule has 5 rings (SSSR count). The van der Waals surface area contributed by atoms with Crippen LogP contribution in [0.5, 0.6) is 5.75 Å². The Morgan fingerprint density at radius 3 is 2.45 bits per heavy atom. The summed E-state index contributed by atoms with van der Waals surface area (Å²) in [4.78, 5) is 45.8. The molecule has 2 amide bonds. The van der Waals surface area contributed by atoms with E-state index in [9.17, 15) is 45.4 Å². The molecule has 0 radical (unpaired) electrons. The van der Waals surface area contributed by atoms with Crippen molar-refractivity contribution in [3.05, 3.63) is 81.1 Å². The Balaban J connectivity index is 1.64. The van der Waals surface area contributed by atoms with E-state index in [1.807, 2.05) is 0 Å². The van der Waals surface area contributed by atoms with Crippen LogP contribution in [0.15, 0.2) is 48.0 Å². The van der Waals surface area contributed by atoms with Crippen molar-refractivity contribution in [3.8, 4) is 5.75 Å². The third-order valence-electron chi connectivity index (χ3n) is 8.87. The Morgan fingerprint density at radius 2 is 1.80 bits per heavy atom. The quantitative estimate of drug-likeness (QED) is 0.233. The lowest BCUT2D eigenvalue weighted by Gasteiger charge is -2.51. The zero-order valence-corrected chi connectivity index (χ0v) is 26.9. The number of carbonyl (C=O) groups is 3. The minimum atomic E-state index is -4.94. The van der Waals surface area contributed by atoms with Gasteiger partial charge in [-0.3, -0.25) is 19.4 Å². The van der Waals surface area contributed by atoms with Crippen LogP contribution in [0.3, 0.4) is 0 Å². The standard InChI is InChI=1S/C33H32F7N3O5S/c1-2-5-25-31(48-23-16-26(49-18-23)33(38,39)40,11-4-13-42(25)29(46)28-24(32(35,36)37)6-3-12-41-28)30(47)43-17-19-7-8-21(34)14-20(19)15-22(43)9-10-27(44)45/h3,6-8,12,14,16,18,22,25H,2,4-5,9-11,13,15,17H2,1H3,(H,44,45)/t22-,25-,31-/m1/s1. The van der Waals surface area contributed by atoms with Crippen LogP contribution in [0.1, 0.15) is 77.5 Å². The summed E-state index contributed by atoms with van der Waals surface area (Å²) in [6.45, 7) is 1.48. The molecule has 49 heavy (non-hydrogen) atoms. The summed E-state index contributed by atoms with van der Waals surface area (Å²) in [5.41, 5.74) is -3.20.